The molecule has 46 heavy (non-hydrogen) atoms. The minimum Gasteiger partial charge on any atom is -0.481 e. The van der Waals surface area contributed by atoms with Crippen LogP contribution in [0.3, 0.4) is 0 Å². The minimum absolute atomic E-state index is 0.0877. The smallest absolute Gasteiger partial charge is 0.259 e. The van der Waals surface area contributed by atoms with Crippen molar-refractivity contribution in [3.8, 4) is 5.75 Å². The van der Waals surface area contributed by atoms with Crippen molar-refractivity contribution in [3.63, 3.8) is 0 Å². The fourth-order valence-electron chi connectivity index (χ4n) is 4.92. The lowest BCUT2D eigenvalue weighted by molar-refractivity contribution is -0.137. The quantitative estimate of drug-likeness (QED) is 0.0685. The third kappa shape index (κ3) is 9.46. The lowest BCUT2D eigenvalue weighted by Gasteiger charge is -2.29. The first-order chi connectivity index (χ1) is 22.3. The number of hydrogen-bond acceptors (Lipinski definition) is 12. The van der Waals surface area contributed by atoms with Crippen molar-refractivity contribution in [3.05, 3.63) is 41.2 Å². The van der Waals surface area contributed by atoms with Gasteiger partial charge in [0.05, 0.1) is 63.8 Å². The summed E-state index contributed by atoms with van der Waals surface area (Å²) in [5.74, 6) is -2.01. The number of H-pyrrole nitrogens is 1. The molecule has 1 atom stereocenters. The fraction of sp³-hybridized carbons (Fsp3) is 0.517. The Morgan fingerprint density at radius 3 is 2.59 bits per heavy atom. The molecule has 3 heterocycles. The van der Waals surface area contributed by atoms with Crippen molar-refractivity contribution >= 4 is 35.2 Å². The SMILES string of the molecule is CN(Cc1cn[nH]c1)C(=O)CNc1ccc2c(c1OCC(=O)NCCOCCOCCOCN)C(=O)N(C1CCC(=O)NC1=O)C2. The van der Waals surface area contributed by atoms with Gasteiger partial charge < -0.3 is 45.1 Å². The van der Waals surface area contributed by atoms with Crippen LogP contribution in [0.25, 0.3) is 0 Å². The molecule has 1 saturated heterocycles. The van der Waals surface area contributed by atoms with Crippen LogP contribution < -0.4 is 26.4 Å². The van der Waals surface area contributed by atoms with Gasteiger partial charge in [0.2, 0.25) is 17.7 Å². The number of imide groups is 1. The predicted octanol–water partition coefficient (Wildman–Crippen LogP) is -1.30. The number of carbonyl (C=O) groups excluding carboxylic acids is 5. The van der Waals surface area contributed by atoms with Crippen LogP contribution in [0, 0.1) is 0 Å². The van der Waals surface area contributed by atoms with Crippen molar-refractivity contribution in [2.75, 3.05) is 71.8 Å². The third-order valence-corrected chi connectivity index (χ3v) is 7.25. The van der Waals surface area contributed by atoms with E-state index < -0.39 is 30.4 Å². The van der Waals surface area contributed by atoms with Gasteiger partial charge >= 0.3 is 0 Å². The first kappa shape index (κ1) is 34.3. The van der Waals surface area contributed by atoms with Gasteiger partial charge in [-0.25, -0.2) is 0 Å². The van der Waals surface area contributed by atoms with Gasteiger partial charge in [-0.1, -0.05) is 6.07 Å². The summed E-state index contributed by atoms with van der Waals surface area (Å²) in [6.07, 6.45) is 3.62. The van der Waals surface area contributed by atoms with Crippen molar-refractivity contribution in [2.24, 2.45) is 5.73 Å². The van der Waals surface area contributed by atoms with E-state index in [4.69, 9.17) is 24.7 Å². The van der Waals surface area contributed by atoms with Crippen molar-refractivity contribution in [1.29, 1.82) is 0 Å². The minimum atomic E-state index is -0.826. The number of ether oxygens (including phenoxy) is 4. The average Bonchev–Trinajstić information content (AvgIpc) is 3.67. The maximum Gasteiger partial charge on any atom is 0.259 e. The second-order valence-electron chi connectivity index (χ2n) is 10.5. The molecule has 1 aromatic carbocycles. The highest BCUT2D eigenvalue weighted by atomic mass is 16.5. The van der Waals surface area contributed by atoms with Gasteiger partial charge in [0.15, 0.2) is 12.4 Å². The molecule has 6 N–H and O–H groups in total. The van der Waals surface area contributed by atoms with Crippen LogP contribution in [0.15, 0.2) is 24.5 Å². The summed E-state index contributed by atoms with van der Waals surface area (Å²) >= 11 is 0. The van der Waals surface area contributed by atoms with Gasteiger partial charge in [-0.15, -0.1) is 0 Å². The fourth-order valence-corrected chi connectivity index (χ4v) is 4.92. The number of aromatic nitrogens is 2. The van der Waals surface area contributed by atoms with Gasteiger partial charge in [0, 0.05) is 44.9 Å². The Morgan fingerprint density at radius 1 is 1.11 bits per heavy atom. The molecule has 4 rings (SSSR count). The second kappa shape index (κ2) is 17.2. The number of nitrogens with one attached hydrogen (secondary N) is 4. The van der Waals surface area contributed by atoms with E-state index in [0.717, 1.165) is 5.56 Å². The maximum atomic E-state index is 13.7. The Balaban J connectivity index is 1.37. The number of carbonyl (C=O) groups is 5. The van der Waals surface area contributed by atoms with E-state index in [1.54, 1.807) is 31.6 Å². The van der Waals surface area contributed by atoms with E-state index in [-0.39, 0.29) is 68.9 Å². The number of rotatable bonds is 19. The van der Waals surface area contributed by atoms with Crippen LogP contribution in [-0.2, 0) is 46.5 Å². The molecule has 0 radical (unpaired) electrons. The van der Waals surface area contributed by atoms with Gasteiger partial charge in [0.1, 0.15) is 6.04 Å². The number of amides is 5. The van der Waals surface area contributed by atoms with Crippen molar-refractivity contribution in [2.45, 2.75) is 32.0 Å². The third-order valence-electron chi connectivity index (χ3n) is 7.25. The van der Waals surface area contributed by atoms with Gasteiger partial charge in [-0.3, -0.25) is 34.4 Å². The van der Waals surface area contributed by atoms with Crippen LogP contribution in [0.5, 0.6) is 5.75 Å². The van der Waals surface area contributed by atoms with Crippen LogP contribution in [0.4, 0.5) is 5.69 Å². The molecule has 1 fully saturated rings. The molecule has 2 aromatic rings. The monoisotopic (exact) mass is 644 g/mol. The summed E-state index contributed by atoms with van der Waals surface area (Å²) in [4.78, 5) is 66.3. The van der Waals surface area contributed by atoms with Crippen LogP contribution in [0.1, 0.15) is 34.3 Å². The molecule has 2 aliphatic heterocycles. The zero-order chi connectivity index (χ0) is 32.9. The lowest BCUT2D eigenvalue weighted by Crippen LogP contribution is -2.52. The van der Waals surface area contributed by atoms with Gasteiger partial charge in [-0.05, 0) is 18.1 Å². The van der Waals surface area contributed by atoms with Crippen LogP contribution in [0.2, 0.25) is 0 Å². The standard InChI is InChI=1S/C29H40N8O9/c1-36(15-19-12-33-34-13-19)25(40)14-32-21-3-2-20-16-37(22-4-5-23(38)35-28(22)41)29(42)26(20)27(21)46-17-24(39)31-6-7-43-8-9-44-10-11-45-18-30/h2-3,12-13,22,32H,4-11,14-18,30H2,1H3,(H,31,39)(H,33,34)(H,35,38,41). The number of aromatic amines is 1. The molecule has 1 unspecified atom stereocenters. The maximum absolute atomic E-state index is 13.7. The zero-order valence-electron chi connectivity index (χ0n) is 25.7. The van der Waals surface area contributed by atoms with Crippen molar-refractivity contribution < 1.29 is 42.9 Å². The highest BCUT2D eigenvalue weighted by Gasteiger charge is 2.41. The first-order valence-corrected chi connectivity index (χ1v) is 14.9. The number of nitrogens with two attached hydrogens (primary N) is 1. The normalized spacial score (nSPS) is 15.8. The number of fused-ring (bicyclic) bond motifs is 1. The van der Waals surface area contributed by atoms with E-state index in [2.05, 4.69) is 26.1 Å². The number of likely N-dealkylation sites (N-methyl/N-ethyl adjacent to an activating group) is 1. The van der Waals surface area contributed by atoms with Crippen LogP contribution in [-0.4, -0.2) is 122 Å². The number of piperidine rings is 1. The molecule has 1 aromatic heterocycles. The molecular formula is C29H40N8O9. The van der Waals surface area contributed by atoms with E-state index in [1.165, 1.54) is 9.80 Å². The molecule has 250 valence electrons. The van der Waals surface area contributed by atoms with E-state index >= 15 is 0 Å². The molecule has 2 aliphatic rings. The Labute approximate surface area is 265 Å². The molecule has 0 bridgehead atoms. The molecular weight excluding hydrogens is 604 g/mol. The van der Waals surface area contributed by atoms with Crippen LogP contribution >= 0.6 is 0 Å². The zero-order valence-corrected chi connectivity index (χ0v) is 25.7. The number of benzene rings is 1. The summed E-state index contributed by atoms with van der Waals surface area (Å²) in [5.41, 5.74) is 7.16. The topological polar surface area (TPSA) is 220 Å². The van der Waals surface area contributed by atoms with E-state index in [0.29, 0.717) is 44.2 Å². The van der Waals surface area contributed by atoms with Gasteiger partial charge in [-0.2, -0.15) is 5.10 Å². The van der Waals surface area contributed by atoms with Gasteiger partial charge in [0.25, 0.3) is 11.8 Å². The highest BCUT2D eigenvalue weighted by Crippen LogP contribution is 2.38. The molecule has 17 nitrogen and oxygen atoms in total. The Morgan fingerprint density at radius 2 is 1.87 bits per heavy atom. The largest absolute Gasteiger partial charge is 0.481 e. The second-order valence-corrected chi connectivity index (χ2v) is 10.5. The van der Waals surface area contributed by atoms with Crippen molar-refractivity contribution in [1.82, 2.24) is 30.6 Å². The summed E-state index contributed by atoms with van der Waals surface area (Å²) in [5, 5.41) is 14.6. The lowest BCUT2D eigenvalue weighted by atomic mass is 10.0. The predicted molar refractivity (Wildman–Crippen MR) is 161 cm³/mol. The molecule has 0 spiro atoms. The summed E-state index contributed by atoms with van der Waals surface area (Å²) in [6.45, 7) is 2.01. The summed E-state index contributed by atoms with van der Waals surface area (Å²) < 4.78 is 21.6. The Kier molecular flexibility index (Phi) is 12.8. The number of hydrogen-bond donors (Lipinski definition) is 5. The Bertz CT molecular complexity index is 1370. The average molecular weight is 645 g/mol. The summed E-state index contributed by atoms with van der Waals surface area (Å²) in [7, 11) is 1.65. The highest BCUT2D eigenvalue weighted by molar-refractivity contribution is 6.07. The molecule has 0 aliphatic carbocycles. The molecule has 0 saturated carbocycles. The summed E-state index contributed by atoms with van der Waals surface area (Å²) in [6, 6.07) is 2.54. The number of nitrogens with zero attached hydrogens (tertiary/aromatic N) is 3. The van der Waals surface area contributed by atoms with E-state index in [9.17, 15) is 24.0 Å². The molecule has 5 amide bonds. The molecule has 17 heteroatoms. The first-order valence-electron chi connectivity index (χ1n) is 14.9. The Hall–Kier alpha value is -4.58. The van der Waals surface area contributed by atoms with E-state index in [1.807, 2.05) is 0 Å². The number of anilines is 1.